The summed E-state index contributed by atoms with van der Waals surface area (Å²) in [5, 5.41) is 5.02. The molecule has 0 spiro atoms. The number of piperidine rings is 1. The van der Waals surface area contributed by atoms with Gasteiger partial charge in [0.05, 0.1) is 0 Å². The number of amides is 2. The maximum atomic E-state index is 12.1. The number of carbonyl (C=O) groups excluding carboxylic acids is 2. The van der Waals surface area contributed by atoms with Gasteiger partial charge in [-0.1, -0.05) is 12.8 Å². The summed E-state index contributed by atoms with van der Waals surface area (Å²) >= 11 is 0. The molecule has 2 fully saturated rings. The first-order valence-electron chi connectivity index (χ1n) is 9.99. The van der Waals surface area contributed by atoms with Crippen LogP contribution in [-0.4, -0.2) is 48.8 Å². The summed E-state index contributed by atoms with van der Waals surface area (Å²) in [6.45, 7) is 2.51. The number of halogens is 3. The summed E-state index contributed by atoms with van der Waals surface area (Å²) in [5.41, 5.74) is 0.213. The average Bonchev–Trinajstić information content (AvgIpc) is 3.21. The van der Waals surface area contributed by atoms with Crippen LogP contribution in [-0.2, 0) is 9.59 Å². The molecule has 1 aliphatic carbocycles. The van der Waals surface area contributed by atoms with Crippen molar-refractivity contribution in [1.82, 2.24) is 10.2 Å². The monoisotopic (exact) mass is 413 g/mol. The number of ether oxygens (including phenoxy) is 1. The molecular formula is C20H26F3N3O3. The molecule has 2 amide bonds. The number of nitrogens with zero attached hydrogens (tertiary/aromatic N) is 1. The summed E-state index contributed by atoms with van der Waals surface area (Å²) in [4.78, 5) is 26.5. The van der Waals surface area contributed by atoms with Gasteiger partial charge in [0.25, 0.3) is 0 Å². The van der Waals surface area contributed by atoms with Crippen molar-refractivity contribution in [2.75, 3.05) is 25.0 Å². The zero-order valence-corrected chi connectivity index (χ0v) is 16.1. The van der Waals surface area contributed by atoms with E-state index >= 15 is 0 Å². The Morgan fingerprint density at radius 2 is 1.62 bits per heavy atom. The molecule has 2 N–H and O–H groups in total. The number of anilines is 1. The molecular weight excluding hydrogens is 387 g/mol. The second kappa shape index (κ2) is 9.47. The van der Waals surface area contributed by atoms with Crippen LogP contribution in [0.2, 0.25) is 0 Å². The van der Waals surface area contributed by atoms with E-state index in [-0.39, 0.29) is 5.69 Å². The maximum absolute atomic E-state index is 12.1. The molecule has 0 radical (unpaired) electrons. The van der Waals surface area contributed by atoms with Gasteiger partial charge in [-0.3, -0.25) is 9.59 Å². The average molecular weight is 413 g/mol. The van der Waals surface area contributed by atoms with Crippen molar-refractivity contribution in [1.29, 1.82) is 0 Å². The van der Waals surface area contributed by atoms with E-state index in [0.717, 1.165) is 38.1 Å². The van der Waals surface area contributed by atoms with Gasteiger partial charge in [0, 0.05) is 18.3 Å². The van der Waals surface area contributed by atoms with Crippen LogP contribution in [0.1, 0.15) is 38.5 Å². The minimum Gasteiger partial charge on any atom is -0.406 e. The third kappa shape index (κ3) is 6.62. The van der Waals surface area contributed by atoms with Crippen LogP contribution < -0.4 is 15.4 Å². The Morgan fingerprint density at radius 1 is 1.00 bits per heavy atom. The summed E-state index contributed by atoms with van der Waals surface area (Å²) in [6.07, 6.45) is 2.41. The molecule has 1 aliphatic heterocycles. The quantitative estimate of drug-likeness (QED) is 0.727. The molecule has 0 unspecified atom stereocenters. The van der Waals surface area contributed by atoms with Crippen LogP contribution in [0, 0.1) is 5.92 Å². The molecule has 1 saturated heterocycles. The number of nitrogens with one attached hydrogen (secondary N) is 2. The minimum atomic E-state index is -4.78. The summed E-state index contributed by atoms with van der Waals surface area (Å²) in [6, 6.07) is 5.33. The third-order valence-corrected chi connectivity index (χ3v) is 5.59. The molecule has 9 heteroatoms. The van der Waals surface area contributed by atoms with Crippen molar-refractivity contribution >= 4 is 17.5 Å². The molecule has 2 aliphatic rings. The molecule has 29 heavy (non-hydrogen) atoms. The van der Waals surface area contributed by atoms with E-state index in [1.165, 1.54) is 37.8 Å². The molecule has 1 saturated carbocycles. The Morgan fingerprint density at radius 3 is 2.21 bits per heavy atom. The molecule has 1 heterocycles. The van der Waals surface area contributed by atoms with Gasteiger partial charge in [-0.2, -0.15) is 0 Å². The smallest absolute Gasteiger partial charge is 0.406 e. The van der Waals surface area contributed by atoms with Crippen molar-refractivity contribution in [2.24, 2.45) is 5.92 Å². The number of rotatable bonds is 5. The van der Waals surface area contributed by atoms with Crippen molar-refractivity contribution in [3.05, 3.63) is 24.3 Å². The molecule has 160 valence electrons. The lowest BCUT2D eigenvalue weighted by Crippen LogP contribution is -2.44. The van der Waals surface area contributed by atoms with Gasteiger partial charge in [0.15, 0.2) is 0 Å². The zero-order chi connectivity index (χ0) is 20.9. The Balaban J connectivity index is 1.38. The number of carbonyl (C=O) groups is 2. The Hall–Kier alpha value is -2.29. The first kappa shape index (κ1) is 21.4. The fourth-order valence-electron chi connectivity index (χ4n) is 4.04. The van der Waals surface area contributed by atoms with Crippen LogP contribution in [0.5, 0.6) is 5.75 Å². The third-order valence-electron chi connectivity index (χ3n) is 5.59. The van der Waals surface area contributed by atoms with E-state index < -0.39 is 23.9 Å². The highest BCUT2D eigenvalue weighted by Crippen LogP contribution is 2.27. The maximum Gasteiger partial charge on any atom is 0.573 e. The summed E-state index contributed by atoms with van der Waals surface area (Å²) in [7, 11) is 0. The number of benzene rings is 1. The standard InChI is InChI=1S/C20H26F3N3O3/c21-20(22,23)29-17-7-5-15(6-8-17)25-19(28)18(27)24-13-14-9-11-26(12-10-14)16-3-1-2-4-16/h5-8,14,16H,1-4,9-13H2,(H,24,27)(H,25,28). The normalized spacial score (nSPS) is 19.1. The van der Waals surface area contributed by atoms with Crippen LogP contribution >= 0.6 is 0 Å². The van der Waals surface area contributed by atoms with E-state index in [1.807, 2.05) is 0 Å². The van der Waals surface area contributed by atoms with E-state index in [2.05, 4.69) is 20.3 Å². The minimum absolute atomic E-state index is 0.213. The topological polar surface area (TPSA) is 70.7 Å². The fourth-order valence-corrected chi connectivity index (χ4v) is 4.04. The van der Waals surface area contributed by atoms with Gasteiger partial charge < -0.3 is 20.3 Å². The highest BCUT2D eigenvalue weighted by molar-refractivity contribution is 6.39. The fraction of sp³-hybridized carbons (Fsp3) is 0.600. The van der Waals surface area contributed by atoms with Crippen LogP contribution in [0.4, 0.5) is 18.9 Å². The largest absolute Gasteiger partial charge is 0.573 e. The van der Waals surface area contributed by atoms with Gasteiger partial charge in [-0.05, 0) is 69.0 Å². The number of likely N-dealkylation sites (tertiary alicyclic amines) is 1. The predicted molar refractivity (Wildman–Crippen MR) is 101 cm³/mol. The number of alkyl halides is 3. The van der Waals surface area contributed by atoms with Gasteiger partial charge in [0.2, 0.25) is 0 Å². The Bertz CT molecular complexity index is 695. The van der Waals surface area contributed by atoms with Crippen molar-refractivity contribution in [3.63, 3.8) is 0 Å². The van der Waals surface area contributed by atoms with Gasteiger partial charge in [0.1, 0.15) is 5.75 Å². The number of hydrogen-bond donors (Lipinski definition) is 2. The first-order valence-corrected chi connectivity index (χ1v) is 9.99. The summed E-state index contributed by atoms with van der Waals surface area (Å²) < 4.78 is 40.2. The predicted octanol–water partition coefficient (Wildman–Crippen LogP) is 3.29. The van der Waals surface area contributed by atoms with Gasteiger partial charge in [-0.15, -0.1) is 13.2 Å². The first-order chi connectivity index (χ1) is 13.8. The van der Waals surface area contributed by atoms with Gasteiger partial charge in [-0.25, -0.2) is 0 Å². The van der Waals surface area contributed by atoms with Crippen molar-refractivity contribution in [3.8, 4) is 5.75 Å². The lowest BCUT2D eigenvalue weighted by Gasteiger charge is -2.36. The second-order valence-electron chi connectivity index (χ2n) is 7.65. The van der Waals surface area contributed by atoms with Crippen molar-refractivity contribution < 1.29 is 27.5 Å². The molecule has 3 rings (SSSR count). The molecule has 1 aromatic carbocycles. The van der Waals surface area contributed by atoms with E-state index in [4.69, 9.17) is 0 Å². The zero-order valence-electron chi connectivity index (χ0n) is 16.1. The second-order valence-corrected chi connectivity index (χ2v) is 7.65. The highest BCUT2D eigenvalue weighted by atomic mass is 19.4. The molecule has 1 aromatic rings. The molecule has 6 nitrogen and oxygen atoms in total. The SMILES string of the molecule is O=C(NCC1CCN(C2CCCC2)CC1)C(=O)Nc1ccc(OC(F)(F)F)cc1. The van der Waals surface area contributed by atoms with Crippen molar-refractivity contribution in [2.45, 2.75) is 50.9 Å². The number of hydrogen-bond acceptors (Lipinski definition) is 4. The molecule has 0 aromatic heterocycles. The Labute approximate surface area is 167 Å². The molecule has 0 bridgehead atoms. The van der Waals surface area contributed by atoms with Crippen LogP contribution in [0.25, 0.3) is 0 Å². The van der Waals surface area contributed by atoms with E-state index in [9.17, 15) is 22.8 Å². The van der Waals surface area contributed by atoms with E-state index in [0.29, 0.717) is 18.5 Å². The van der Waals surface area contributed by atoms with Crippen LogP contribution in [0.3, 0.4) is 0 Å². The van der Waals surface area contributed by atoms with Crippen LogP contribution in [0.15, 0.2) is 24.3 Å². The highest BCUT2D eigenvalue weighted by Gasteiger charge is 2.31. The Kier molecular flexibility index (Phi) is 7.00. The lowest BCUT2D eigenvalue weighted by atomic mass is 9.95. The van der Waals surface area contributed by atoms with Gasteiger partial charge >= 0.3 is 18.2 Å². The van der Waals surface area contributed by atoms with E-state index in [1.54, 1.807) is 0 Å². The summed E-state index contributed by atoms with van der Waals surface area (Å²) in [5.74, 6) is -1.65. The lowest BCUT2D eigenvalue weighted by molar-refractivity contribution is -0.274. The molecule has 0 atom stereocenters.